The molecule has 0 saturated carbocycles. The van der Waals surface area contributed by atoms with Crippen LogP contribution in [0.4, 0.5) is 5.69 Å². The Morgan fingerprint density at radius 2 is 1.79 bits per heavy atom. The molecular formula is C24H23Cl2NO2. The van der Waals surface area contributed by atoms with Gasteiger partial charge in [-0.15, -0.1) is 0 Å². The van der Waals surface area contributed by atoms with E-state index >= 15 is 0 Å². The number of hydrogen-bond acceptors (Lipinski definition) is 3. The van der Waals surface area contributed by atoms with Gasteiger partial charge in [0.1, 0.15) is 6.61 Å². The third-order valence-corrected chi connectivity index (χ3v) is 4.84. The van der Waals surface area contributed by atoms with Gasteiger partial charge in [-0.1, -0.05) is 47.5 Å². The summed E-state index contributed by atoms with van der Waals surface area (Å²) in [6.07, 6.45) is 1.79. The fourth-order valence-corrected chi connectivity index (χ4v) is 3.34. The molecule has 0 N–H and O–H groups in total. The molecular weight excluding hydrogens is 405 g/mol. The number of ether oxygens (including phenoxy) is 2. The van der Waals surface area contributed by atoms with Crippen LogP contribution in [0.15, 0.2) is 59.6 Å². The molecule has 3 aromatic carbocycles. The third-order valence-electron chi connectivity index (χ3n) is 4.32. The van der Waals surface area contributed by atoms with Crippen molar-refractivity contribution in [2.24, 2.45) is 4.99 Å². The first-order valence-electron chi connectivity index (χ1n) is 9.41. The van der Waals surface area contributed by atoms with Gasteiger partial charge < -0.3 is 9.47 Å². The third kappa shape index (κ3) is 5.75. The largest absolute Gasteiger partial charge is 0.490 e. The van der Waals surface area contributed by atoms with Gasteiger partial charge in [-0.3, -0.25) is 4.99 Å². The molecule has 0 fully saturated rings. The van der Waals surface area contributed by atoms with Crippen LogP contribution >= 0.6 is 23.2 Å². The normalized spacial score (nSPS) is 11.1. The predicted molar refractivity (Wildman–Crippen MR) is 122 cm³/mol. The average Bonchev–Trinajstić information content (AvgIpc) is 2.68. The molecule has 0 aliphatic heterocycles. The maximum atomic E-state index is 6.51. The van der Waals surface area contributed by atoms with Gasteiger partial charge in [-0.05, 0) is 73.4 Å². The minimum atomic E-state index is 0.344. The summed E-state index contributed by atoms with van der Waals surface area (Å²) in [5.74, 6) is 1.10. The summed E-state index contributed by atoms with van der Waals surface area (Å²) in [5, 5.41) is 1.14. The lowest BCUT2D eigenvalue weighted by atomic mass is 10.1. The van der Waals surface area contributed by atoms with Crippen molar-refractivity contribution < 1.29 is 9.47 Å². The Bertz CT molecular complexity index is 1030. The van der Waals surface area contributed by atoms with Crippen molar-refractivity contribution >= 4 is 35.1 Å². The van der Waals surface area contributed by atoms with E-state index in [9.17, 15) is 0 Å². The number of benzene rings is 3. The van der Waals surface area contributed by atoms with E-state index in [4.69, 9.17) is 32.7 Å². The molecule has 3 rings (SSSR count). The van der Waals surface area contributed by atoms with Crippen LogP contribution in [0.3, 0.4) is 0 Å². The molecule has 0 amide bonds. The maximum Gasteiger partial charge on any atom is 0.180 e. The Morgan fingerprint density at radius 3 is 2.55 bits per heavy atom. The van der Waals surface area contributed by atoms with Gasteiger partial charge in [-0.2, -0.15) is 0 Å². The zero-order valence-corrected chi connectivity index (χ0v) is 18.2. The van der Waals surface area contributed by atoms with Gasteiger partial charge in [0, 0.05) is 11.2 Å². The quantitative estimate of drug-likeness (QED) is 0.369. The van der Waals surface area contributed by atoms with Crippen LogP contribution in [0, 0.1) is 13.8 Å². The lowest BCUT2D eigenvalue weighted by Crippen LogP contribution is -2.01. The molecule has 150 valence electrons. The molecule has 0 aromatic heterocycles. The summed E-state index contributed by atoms with van der Waals surface area (Å²) >= 11 is 12.6. The lowest BCUT2D eigenvalue weighted by Gasteiger charge is -2.14. The van der Waals surface area contributed by atoms with Crippen LogP contribution < -0.4 is 9.47 Å². The molecule has 29 heavy (non-hydrogen) atoms. The zero-order chi connectivity index (χ0) is 20.8. The van der Waals surface area contributed by atoms with Crippen molar-refractivity contribution in [2.45, 2.75) is 27.4 Å². The summed E-state index contributed by atoms with van der Waals surface area (Å²) in [6.45, 7) is 6.86. The summed E-state index contributed by atoms with van der Waals surface area (Å²) in [4.78, 5) is 4.62. The second-order valence-corrected chi connectivity index (χ2v) is 7.57. The first-order valence-corrected chi connectivity index (χ1v) is 10.2. The van der Waals surface area contributed by atoms with E-state index < -0.39 is 0 Å². The Kier molecular flexibility index (Phi) is 7.18. The standard InChI is InChI=1S/C24H23Cl2NO2/c1-4-28-23-13-19(14-27-22-10-16(2)8-9-17(22)3)12-21(26)24(23)29-15-18-6-5-7-20(25)11-18/h5-14H,4,15H2,1-3H3. The van der Waals surface area contributed by atoms with Crippen LogP contribution in [-0.4, -0.2) is 12.8 Å². The average molecular weight is 428 g/mol. The number of hydrogen-bond donors (Lipinski definition) is 0. The summed E-state index contributed by atoms with van der Waals surface area (Å²) < 4.78 is 11.7. The van der Waals surface area contributed by atoms with E-state index in [0.717, 1.165) is 22.4 Å². The molecule has 0 bridgehead atoms. The smallest absolute Gasteiger partial charge is 0.180 e. The first-order chi connectivity index (χ1) is 14.0. The van der Waals surface area contributed by atoms with E-state index in [1.165, 1.54) is 5.56 Å². The van der Waals surface area contributed by atoms with Crippen molar-refractivity contribution in [3.05, 3.63) is 86.9 Å². The van der Waals surface area contributed by atoms with Crippen molar-refractivity contribution in [3.8, 4) is 11.5 Å². The monoisotopic (exact) mass is 427 g/mol. The molecule has 0 spiro atoms. The number of aryl methyl sites for hydroxylation is 2. The minimum absolute atomic E-state index is 0.344. The van der Waals surface area contributed by atoms with E-state index in [1.807, 2.05) is 50.2 Å². The number of aliphatic imine (C=N–C) groups is 1. The maximum absolute atomic E-state index is 6.51. The van der Waals surface area contributed by atoms with Gasteiger partial charge in [0.05, 0.1) is 17.3 Å². The predicted octanol–water partition coefficient (Wildman–Crippen LogP) is 7.34. The van der Waals surface area contributed by atoms with Gasteiger partial charge >= 0.3 is 0 Å². The highest BCUT2D eigenvalue weighted by Gasteiger charge is 2.13. The number of halogens is 2. The van der Waals surface area contributed by atoms with E-state index in [-0.39, 0.29) is 0 Å². The van der Waals surface area contributed by atoms with Gasteiger partial charge in [0.15, 0.2) is 11.5 Å². The Hall–Kier alpha value is -2.49. The fraction of sp³-hybridized carbons (Fsp3) is 0.208. The zero-order valence-electron chi connectivity index (χ0n) is 16.7. The highest BCUT2D eigenvalue weighted by atomic mass is 35.5. The van der Waals surface area contributed by atoms with Crippen molar-refractivity contribution in [3.63, 3.8) is 0 Å². The van der Waals surface area contributed by atoms with Crippen molar-refractivity contribution in [1.82, 2.24) is 0 Å². The molecule has 0 heterocycles. The molecule has 0 saturated heterocycles. The van der Waals surface area contributed by atoms with Crippen LogP contribution in [0.1, 0.15) is 29.2 Å². The second kappa shape index (κ2) is 9.82. The molecule has 0 unspecified atom stereocenters. The summed E-state index contributed by atoms with van der Waals surface area (Å²) in [7, 11) is 0. The number of rotatable bonds is 7. The van der Waals surface area contributed by atoms with Crippen LogP contribution in [0.5, 0.6) is 11.5 Å². The van der Waals surface area contributed by atoms with E-state index in [2.05, 4.69) is 30.1 Å². The Balaban J connectivity index is 1.85. The van der Waals surface area contributed by atoms with Crippen molar-refractivity contribution in [2.75, 3.05) is 6.61 Å². The highest BCUT2D eigenvalue weighted by Crippen LogP contribution is 2.37. The van der Waals surface area contributed by atoms with Crippen LogP contribution in [-0.2, 0) is 6.61 Å². The Morgan fingerprint density at radius 1 is 0.966 bits per heavy atom. The summed E-state index contributed by atoms with van der Waals surface area (Å²) in [5.41, 5.74) is 5.01. The highest BCUT2D eigenvalue weighted by molar-refractivity contribution is 6.32. The van der Waals surface area contributed by atoms with Gasteiger partial charge in [0.25, 0.3) is 0 Å². The second-order valence-electron chi connectivity index (χ2n) is 6.73. The Labute approximate surface area is 181 Å². The molecule has 3 aromatic rings. The van der Waals surface area contributed by atoms with Crippen molar-refractivity contribution in [1.29, 1.82) is 0 Å². The van der Waals surface area contributed by atoms with Crippen LogP contribution in [0.2, 0.25) is 10.0 Å². The van der Waals surface area contributed by atoms with E-state index in [0.29, 0.717) is 34.8 Å². The fourth-order valence-electron chi connectivity index (χ4n) is 2.85. The SMILES string of the molecule is CCOc1cc(C=Nc2cc(C)ccc2C)cc(Cl)c1OCc1cccc(Cl)c1. The molecule has 0 aliphatic rings. The lowest BCUT2D eigenvalue weighted by molar-refractivity contribution is 0.269. The topological polar surface area (TPSA) is 30.8 Å². The molecule has 3 nitrogen and oxygen atoms in total. The summed E-state index contributed by atoms with van der Waals surface area (Å²) in [6, 6.07) is 17.4. The van der Waals surface area contributed by atoms with Gasteiger partial charge in [-0.25, -0.2) is 0 Å². The van der Waals surface area contributed by atoms with E-state index in [1.54, 1.807) is 6.21 Å². The first kappa shape index (κ1) is 21.2. The number of nitrogens with zero attached hydrogens (tertiary/aromatic N) is 1. The minimum Gasteiger partial charge on any atom is -0.490 e. The van der Waals surface area contributed by atoms with Gasteiger partial charge in [0.2, 0.25) is 0 Å². The van der Waals surface area contributed by atoms with Crippen LogP contribution in [0.25, 0.3) is 0 Å². The molecule has 0 radical (unpaired) electrons. The molecule has 5 heteroatoms. The molecule has 0 aliphatic carbocycles. The molecule has 0 atom stereocenters.